The third-order valence-electron chi connectivity index (χ3n) is 5.59. The third-order valence-corrected chi connectivity index (χ3v) is 7.63. The van der Waals surface area contributed by atoms with Crippen molar-refractivity contribution in [2.75, 3.05) is 19.0 Å². The van der Waals surface area contributed by atoms with Gasteiger partial charge in [0.2, 0.25) is 15.9 Å². The molecule has 1 heterocycles. The fourth-order valence-electron chi connectivity index (χ4n) is 3.50. The predicted octanol–water partition coefficient (Wildman–Crippen LogP) is 4.12. The Hall–Kier alpha value is -3.77. The molecule has 3 aromatic rings. The topological polar surface area (TPSA) is 137 Å². The highest BCUT2D eigenvalue weighted by molar-refractivity contribution is 7.89. The molecule has 0 unspecified atom stereocenters. The van der Waals surface area contributed by atoms with Crippen molar-refractivity contribution in [2.24, 2.45) is 0 Å². The van der Waals surface area contributed by atoms with E-state index in [1.165, 1.54) is 0 Å². The third kappa shape index (κ3) is 6.33. The summed E-state index contributed by atoms with van der Waals surface area (Å²) >= 11 is 0. The van der Waals surface area contributed by atoms with Gasteiger partial charge in [0.25, 0.3) is 5.69 Å². The number of hydrogen-bond acceptors (Lipinski definition) is 7. The normalized spacial score (nSPS) is 12.1. The maximum Gasteiger partial charge on any atom is 0.269 e. The van der Waals surface area contributed by atoms with Crippen molar-refractivity contribution in [1.29, 1.82) is 0 Å². The SMILES string of the molecule is COc1ccc(-n2nc(C(C)(C)C)cc2NC(=O)CN(C(C)C)S(=O)(=O)c2ccc([N+](=O)[O-])cc2)cc1. The number of carbonyl (C=O) groups excluding carboxylic acids is 1. The maximum atomic E-state index is 13.3. The van der Waals surface area contributed by atoms with E-state index in [-0.39, 0.29) is 16.0 Å². The monoisotopic (exact) mass is 529 g/mol. The molecule has 0 saturated heterocycles. The standard InChI is InChI=1S/C25H31N5O6S/c1-17(2)28(37(34,35)21-13-9-19(10-14-21)30(32)33)16-24(31)26-23-15-22(25(3,4)5)27-29(23)18-7-11-20(36-6)12-8-18/h7-15,17H,16H2,1-6H3,(H,26,31). The summed E-state index contributed by atoms with van der Waals surface area (Å²) < 4.78 is 34.4. The number of benzene rings is 2. The fraction of sp³-hybridized carbons (Fsp3) is 0.360. The van der Waals surface area contributed by atoms with E-state index in [2.05, 4.69) is 10.4 Å². The molecule has 1 aromatic heterocycles. The average Bonchev–Trinajstić information content (AvgIpc) is 3.26. The van der Waals surface area contributed by atoms with E-state index in [1.807, 2.05) is 20.8 Å². The van der Waals surface area contributed by atoms with Gasteiger partial charge in [0.1, 0.15) is 11.6 Å². The molecule has 12 heteroatoms. The van der Waals surface area contributed by atoms with E-state index in [0.717, 1.165) is 34.3 Å². The summed E-state index contributed by atoms with van der Waals surface area (Å²) in [7, 11) is -2.54. The van der Waals surface area contributed by atoms with Gasteiger partial charge in [-0.3, -0.25) is 14.9 Å². The summed E-state index contributed by atoms with van der Waals surface area (Å²) in [6.07, 6.45) is 0. The van der Waals surface area contributed by atoms with Crippen molar-refractivity contribution in [3.8, 4) is 11.4 Å². The zero-order chi connectivity index (χ0) is 27.5. The number of rotatable bonds is 9. The second-order valence-corrected chi connectivity index (χ2v) is 11.6. The van der Waals surface area contributed by atoms with E-state index < -0.39 is 33.4 Å². The largest absolute Gasteiger partial charge is 0.497 e. The number of carbonyl (C=O) groups is 1. The molecule has 0 bridgehead atoms. The Bertz CT molecular complexity index is 1370. The molecule has 0 radical (unpaired) electrons. The van der Waals surface area contributed by atoms with Crippen LogP contribution < -0.4 is 10.1 Å². The van der Waals surface area contributed by atoms with Crippen LogP contribution in [0.5, 0.6) is 5.75 Å². The van der Waals surface area contributed by atoms with Crippen molar-refractivity contribution in [2.45, 2.75) is 51.0 Å². The van der Waals surface area contributed by atoms with Crippen molar-refractivity contribution < 1.29 is 22.9 Å². The molecule has 11 nitrogen and oxygen atoms in total. The second kappa shape index (κ2) is 10.7. The summed E-state index contributed by atoms with van der Waals surface area (Å²) in [4.78, 5) is 23.3. The first kappa shape index (κ1) is 27.8. The van der Waals surface area contributed by atoms with Crippen LogP contribution in [-0.2, 0) is 20.2 Å². The second-order valence-electron chi connectivity index (χ2n) is 9.72. The van der Waals surface area contributed by atoms with Crippen LogP contribution in [0.1, 0.15) is 40.3 Å². The Morgan fingerprint density at radius 2 is 1.73 bits per heavy atom. The number of nitro benzene ring substituents is 1. The van der Waals surface area contributed by atoms with Gasteiger partial charge in [-0.2, -0.15) is 9.40 Å². The Kier molecular flexibility index (Phi) is 8.03. The van der Waals surface area contributed by atoms with E-state index >= 15 is 0 Å². The smallest absolute Gasteiger partial charge is 0.269 e. The van der Waals surface area contributed by atoms with Crippen molar-refractivity contribution in [3.05, 3.63) is 70.4 Å². The van der Waals surface area contributed by atoms with Gasteiger partial charge in [-0.05, 0) is 50.2 Å². The highest BCUT2D eigenvalue weighted by Gasteiger charge is 2.30. The minimum absolute atomic E-state index is 0.141. The van der Waals surface area contributed by atoms with Crippen LogP contribution in [0.3, 0.4) is 0 Å². The van der Waals surface area contributed by atoms with Gasteiger partial charge in [0.15, 0.2) is 0 Å². The number of sulfonamides is 1. The fourth-order valence-corrected chi connectivity index (χ4v) is 5.09. The number of nitro groups is 1. The summed E-state index contributed by atoms with van der Waals surface area (Å²) in [5.41, 5.74) is 0.887. The molecule has 0 atom stereocenters. The lowest BCUT2D eigenvalue weighted by Gasteiger charge is -2.25. The van der Waals surface area contributed by atoms with Crippen molar-refractivity contribution >= 4 is 27.4 Å². The Balaban J connectivity index is 1.90. The van der Waals surface area contributed by atoms with Crippen LogP contribution in [0, 0.1) is 10.1 Å². The number of nitrogens with zero attached hydrogens (tertiary/aromatic N) is 4. The molecule has 0 aliphatic heterocycles. The highest BCUT2D eigenvalue weighted by Crippen LogP contribution is 2.27. The Morgan fingerprint density at radius 1 is 1.14 bits per heavy atom. The molecule has 0 aliphatic rings. The number of nitrogens with one attached hydrogen (secondary N) is 1. The van der Waals surface area contributed by atoms with Crippen LogP contribution in [0.4, 0.5) is 11.5 Å². The first-order chi connectivity index (χ1) is 17.2. The molecule has 0 spiro atoms. The molecule has 3 rings (SSSR count). The van der Waals surface area contributed by atoms with E-state index in [4.69, 9.17) is 4.74 Å². The molecule has 0 aliphatic carbocycles. The maximum absolute atomic E-state index is 13.3. The average molecular weight is 530 g/mol. The number of ether oxygens (including phenoxy) is 1. The number of non-ortho nitro benzene ring substituents is 1. The van der Waals surface area contributed by atoms with Gasteiger partial charge in [-0.1, -0.05) is 20.8 Å². The van der Waals surface area contributed by atoms with Crippen molar-refractivity contribution in [1.82, 2.24) is 14.1 Å². The Labute approximate surface area is 216 Å². The summed E-state index contributed by atoms with van der Waals surface area (Å²) in [5, 5.41) is 18.4. The van der Waals surface area contributed by atoms with Crippen LogP contribution >= 0.6 is 0 Å². The molecular weight excluding hydrogens is 498 g/mol. The quantitative estimate of drug-likeness (QED) is 0.325. The van der Waals surface area contributed by atoms with E-state index in [0.29, 0.717) is 17.3 Å². The zero-order valence-electron chi connectivity index (χ0n) is 21.6. The minimum atomic E-state index is -4.10. The van der Waals surface area contributed by atoms with Crippen LogP contribution in [0.15, 0.2) is 59.5 Å². The molecule has 0 fully saturated rings. The summed E-state index contributed by atoms with van der Waals surface area (Å²) in [5.74, 6) is 0.493. The lowest BCUT2D eigenvalue weighted by Crippen LogP contribution is -2.42. The lowest BCUT2D eigenvalue weighted by atomic mass is 9.92. The summed E-state index contributed by atoms with van der Waals surface area (Å²) in [6.45, 7) is 8.82. The van der Waals surface area contributed by atoms with Crippen LogP contribution in [0.25, 0.3) is 5.69 Å². The molecule has 1 N–H and O–H groups in total. The Morgan fingerprint density at radius 3 is 2.22 bits per heavy atom. The molecule has 1 amide bonds. The first-order valence-electron chi connectivity index (χ1n) is 11.5. The zero-order valence-corrected chi connectivity index (χ0v) is 22.4. The number of aromatic nitrogens is 2. The van der Waals surface area contributed by atoms with Crippen LogP contribution in [0.2, 0.25) is 0 Å². The van der Waals surface area contributed by atoms with Gasteiger partial charge >= 0.3 is 0 Å². The molecular formula is C25H31N5O6S. The van der Waals surface area contributed by atoms with Crippen molar-refractivity contribution in [3.63, 3.8) is 0 Å². The highest BCUT2D eigenvalue weighted by atomic mass is 32.2. The number of amides is 1. The molecule has 37 heavy (non-hydrogen) atoms. The van der Waals surface area contributed by atoms with Gasteiger partial charge in [-0.15, -0.1) is 0 Å². The lowest BCUT2D eigenvalue weighted by molar-refractivity contribution is -0.384. The number of anilines is 1. The predicted molar refractivity (Wildman–Crippen MR) is 140 cm³/mol. The summed E-state index contributed by atoms with van der Waals surface area (Å²) in [6, 6.07) is 12.9. The molecule has 0 saturated carbocycles. The minimum Gasteiger partial charge on any atom is -0.497 e. The van der Waals surface area contributed by atoms with E-state index in [9.17, 15) is 23.3 Å². The number of hydrogen-bond donors (Lipinski definition) is 1. The van der Waals surface area contributed by atoms with Gasteiger partial charge < -0.3 is 10.1 Å². The van der Waals surface area contributed by atoms with Gasteiger partial charge in [-0.25, -0.2) is 13.1 Å². The van der Waals surface area contributed by atoms with Gasteiger partial charge in [0.05, 0.1) is 34.9 Å². The number of methoxy groups -OCH3 is 1. The molecule has 2 aromatic carbocycles. The van der Waals surface area contributed by atoms with Crippen LogP contribution in [-0.4, -0.2) is 53.0 Å². The first-order valence-corrected chi connectivity index (χ1v) is 13.0. The van der Waals surface area contributed by atoms with Gasteiger partial charge in [0, 0.05) is 29.7 Å². The molecule has 198 valence electrons. The van der Waals surface area contributed by atoms with E-state index in [1.54, 1.807) is 56.0 Å².